The van der Waals surface area contributed by atoms with Crippen LogP contribution < -0.4 is 4.72 Å². The van der Waals surface area contributed by atoms with Crippen LogP contribution in [0, 0.1) is 0 Å². The van der Waals surface area contributed by atoms with Gasteiger partial charge in [0.15, 0.2) is 0 Å². The van der Waals surface area contributed by atoms with Crippen LogP contribution in [0.3, 0.4) is 0 Å². The summed E-state index contributed by atoms with van der Waals surface area (Å²) >= 11 is 1.55. The normalized spacial score (nSPS) is 13.2. The lowest BCUT2D eigenvalue weighted by molar-refractivity contribution is 0.578. The minimum Gasteiger partial charge on any atom is -0.264 e. The number of aliphatic imine (C=N–C) groups is 1. The minimum absolute atomic E-state index is 0.230. The predicted molar refractivity (Wildman–Crippen MR) is 117 cm³/mol. The summed E-state index contributed by atoms with van der Waals surface area (Å²) in [5, 5.41) is 0. The molecule has 0 atom stereocenters. The number of nitrogens with one attached hydrogen (secondary N) is 1. The standard InChI is InChI=1S/C22H21N3O2S2/c1-2-3-12-24-29(26,27)17-9-10-20-19(14-17)25-22(16-7-5-4-6-8-16)18-11-13-23-15-21(18)28-20/h4-11,13-15,24H,2-3,12H2,1H3. The average molecular weight is 424 g/mol. The van der Waals surface area contributed by atoms with Gasteiger partial charge in [0.25, 0.3) is 0 Å². The van der Waals surface area contributed by atoms with Crippen LogP contribution in [0.5, 0.6) is 0 Å². The molecular formula is C22H21N3O2S2. The maximum Gasteiger partial charge on any atom is 0.240 e. The monoisotopic (exact) mass is 423 g/mol. The Hall–Kier alpha value is -2.48. The van der Waals surface area contributed by atoms with Crippen LogP contribution >= 0.6 is 11.8 Å². The zero-order valence-corrected chi connectivity index (χ0v) is 17.6. The SMILES string of the molecule is CCCCNS(=O)(=O)c1ccc2c(c1)N=C(c1ccccc1)c1ccncc1S2. The third-order valence-corrected chi connectivity index (χ3v) is 7.17. The highest BCUT2D eigenvalue weighted by Crippen LogP contribution is 2.41. The molecule has 3 aromatic rings. The molecule has 1 aliphatic rings. The molecule has 7 heteroatoms. The zero-order valence-electron chi connectivity index (χ0n) is 16.0. The van der Waals surface area contributed by atoms with Gasteiger partial charge in [0.05, 0.1) is 16.3 Å². The number of fused-ring (bicyclic) bond motifs is 2. The molecule has 1 aromatic heterocycles. The van der Waals surface area contributed by atoms with Crippen LogP contribution in [0.25, 0.3) is 0 Å². The van der Waals surface area contributed by atoms with Crippen LogP contribution in [-0.2, 0) is 10.0 Å². The van der Waals surface area contributed by atoms with E-state index in [-0.39, 0.29) is 4.90 Å². The Morgan fingerprint density at radius 3 is 2.66 bits per heavy atom. The first-order valence-corrected chi connectivity index (χ1v) is 11.8. The number of hydrogen-bond donors (Lipinski definition) is 1. The number of unbranched alkanes of at least 4 members (excludes halogenated alkanes) is 1. The molecular weight excluding hydrogens is 402 g/mol. The molecule has 0 saturated heterocycles. The van der Waals surface area contributed by atoms with E-state index in [9.17, 15) is 8.42 Å². The molecule has 2 aromatic carbocycles. The fraction of sp³-hybridized carbons (Fsp3) is 0.182. The van der Waals surface area contributed by atoms with Gasteiger partial charge < -0.3 is 0 Å². The molecule has 1 aliphatic heterocycles. The first kappa shape index (κ1) is 19.8. The predicted octanol–water partition coefficient (Wildman–Crippen LogP) is 4.79. The highest BCUT2D eigenvalue weighted by molar-refractivity contribution is 7.99. The van der Waals surface area contributed by atoms with Crippen LogP contribution in [0.4, 0.5) is 5.69 Å². The molecule has 1 N–H and O–H groups in total. The second-order valence-corrected chi connectivity index (χ2v) is 9.53. The lowest BCUT2D eigenvalue weighted by atomic mass is 10.0. The largest absolute Gasteiger partial charge is 0.264 e. The Bertz CT molecular complexity index is 1160. The van der Waals surface area contributed by atoms with E-state index in [0.29, 0.717) is 12.2 Å². The van der Waals surface area contributed by atoms with Gasteiger partial charge in [0.1, 0.15) is 0 Å². The van der Waals surface area contributed by atoms with E-state index < -0.39 is 10.0 Å². The Kier molecular flexibility index (Phi) is 5.80. The third-order valence-electron chi connectivity index (χ3n) is 4.60. The lowest BCUT2D eigenvalue weighted by Crippen LogP contribution is -2.24. The molecule has 0 spiro atoms. The summed E-state index contributed by atoms with van der Waals surface area (Å²) in [6.45, 7) is 2.46. The zero-order chi connectivity index (χ0) is 20.3. The molecule has 2 heterocycles. The average Bonchev–Trinajstić information content (AvgIpc) is 2.90. The molecule has 0 bridgehead atoms. The van der Waals surface area contributed by atoms with Crippen molar-refractivity contribution in [3.8, 4) is 0 Å². The number of nitrogens with zero attached hydrogens (tertiary/aromatic N) is 2. The number of rotatable bonds is 6. The summed E-state index contributed by atoms with van der Waals surface area (Å²) in [6, 6.07) is 17.0. The van der Waals surface area contributed by atoms with Crippen molar-refractivity contribution in [1.29, 1.82) is 0 Å². The molecule has 0 amide bonds. The summed E-state index contributed by atoms with van der Waals surface area (Å²) in [7, 11) is -3.57. The highest BCUT2D eigenvalue weighted by Gasteiger charge is 2.21. The van der Waals surface area contributed by atoms with Gasteiger partial charge in [0, 0.05) is 39.9 Å². The van der Waals surface area contributed by atoms with Crippen LogP contribution in [0.2, 0.25) is 0 Å². The van der Waals surface area contributed by atoms with E-state index in [1.165, 1.54) is 0 Å². The van der Waals surface area contributed by atoms with E-state index in [0.717, 1.165) is 39.5 Å². The molecule has 0 aliphatic carbocycles. The molecule has 29 heavy (non-hydrogen) atoms. The number of benzene rings is 2. The first-order chi connectivity index (χ1) is 14.1. The lowest BCUT2D eigenvalue weighted by Gasteiger charge is -2.09. The van der Waals surface area contributed by atoms with E-state index in [4.69, 9.17) is 4.99 Å². The summed E-state index contributed by atoms with van der Waals surface area (Å²) in [6.07, 6.45) is 5.31. The summed E-state index contributed by atoms with van der Waals surface area (Å²) in [5.74, 6) is 0. The van der Waals surface area contributed by atoms with Gasteiger partial charge in [-0.25, -0.2) is 18.1 Å². The number of aromatic nitrogens is 1. The Balaban J connectivity index is 1.82. The van der Waals surface area contributed by atoms with Gasteiger partial charge in [0.2, 0.25) is 10.0 Å². The van der Waals surface area contributed by atoms with E-state index in [1.54, 1.807) is 30.1 Å². The number of hydrogen-bond acceptors (Lipinski definition) is 5. The van der Waals surface area contributed by atoms with Crippen molar-refractivity contribution in [3.05, 3.63) is 78.1 Å². The van der Waals surface area contributed by atoms with Crippen molar-refractivity contribution in [2.75, 3.05) is 6.54 Å². The minimum atomic E-state index is -3.57. The van der Waals surface area contributed by atoms with Gasteiger partial charge in [-0.1, -0.05) is 55.4 Å². The number of sulfonamides is 1. The summed E-state index contributed by atoms with van der Waals surface area (Å²) < 4.78 is 28.0. The maximum absolute atomic E-state index is 12.7. The summed E-state index contributed by atoms with van der Waals surface area (Å²) in [4.78, 5) is 11.3. The summed E-state index contributed by atoms with van der Waals surface area (Å²) in [5.41, 5.74) is 3.41. The quantitative estimate of drug-likeness (QED) is 0.453. The molecule has 148 valence electrons. The molecule has 0 unspecified atom stereocenters. The fourth-order valence-corrected chi connectivity index (χ4v) is 5.14. The highest BCUT2D eigenvalue weighted by atomic mass is 32.2. The van der Waals surface area contributed by atoms with Crippen LogP contribution in [0.15, 0.2) is 86.7 Å². The van der Waals surface area contributed by atoms with E-state index in [2.05, 4.69) is 9.71 Å². The smallest absolute Gasteiger partial charge is 0.240 e. The van der Waals surface area contributed by atoms with Crippen molar-refractivity contribution in [2.45, 2.75) is 34.5 Å². The number of pyridine rings is 1. The maximum atomic E-state index is 12.7. The van der Waals surface area contributed by atoms with Crippen molar-refractivity contribution in [3.63, 3.8) is 0 Å². The van der Waals surface area contributed by atoms with Crippen LogP contribution in [0.1, 0.15) is 30.9 Å². The Morgan fingerprint density at radius 2 is 1.86 bits per heavy atom. The van der Waals surface area contributed by atoms with Gasteiger partial charge in [-0.15, -0.1) is 0 Å². The molecule has 0 fully saturated rings. The molecule has 5 nitrogen and oxygen atoms in total. The van der Waals surface area contributed by atoms with Crippen molar-refractivity contribution < 1.29 is 8.42 Å². The molecule has 0 radical (unpaired) electrons. The van der Waals surface area contributed by atoms with Crippen molar-refractivity contribution in [2.24, 2.45) is 4.99 Å². The molecule has 4 rings (SSSR count). The topological polar surface area (TPSA) is 71.4 Å². The van der Waals surface area contributed by atoms with Gasteiger partial charge in [-0.3, -0.25) is 4.98 Å². The first-order valence-electron chi connectivity index (χ1n) is 9.48. The molecule has 0 saturated carbocycles. The van der Waals surface area contributed by atoms with Crippen LogP contribution in [-0.4, -0.2) is 25.7 Å². The second-order valence-electron chi connectivity index (χ2n) is 6.68. The Labute approximate surface area is 175 Å². The Morgan fingerprint density at radius 1 is 1.03 bits per heavy atom. The third kappa shape index (κ3) is 4.27. The van der Waals surface area contributed by atoms with E-state index in [1.807, 2.05) is 55.6 Å². The second kappa shape index (κ2) is 8.49. The van der Waals surface area contributed by atoms with Crippen molar-refractivity contribution in [1.82, 2.24) is 9.71 Å². The van der Waals surface area contributed by atoms with Crippen molar-refractivity contribution >= 4 is 33.2 Å². The van der Waals surface area contributed by atoms with Gasteiger partial charge >= 0.3 is 0 Å². The van der Waals surface area contributed by atoms with Gasteiger partial charge in [-0.05, 0) is 30.7 Å². The fourth-order valence-electron chi connectivity index (χ4n) is 3.08. The van der Waals surface area contributed by atoms with Gasteiger partial charge in [-0.2, -0.15) is 0 Å². The van der Waals surface area contributed by atoms with E-state index >= 15 is 0 Å².